The Balaban J connectivity index is 2.23. The Hall–Kier alpha value is -0.410. The maximum absolute atomic E-state index is 4.34. The van der Waals surface area contributed by atoms with Gasteiger partial charge in [0.1, 0.15) is 5.01 Å². The molecule has 0 unspecified atom stereocenters. The first kappa shape index (κ1) is 15.6. The predicted octanol–water partition coefficient (Wildman–Crippen LogP) is 4.76. The smallest absolute Gasteiger partial charge is 0.106 e. The van der Waals surface area contributed by atoms with Gasteiger partial charge in [0.25, 0.3) is 0 Å². The van der Waals surface area contributed by atoms with Crippen molar-refractivity contribution in [3.63, 3.8) is 0 Å². The molecule has 0 bridgehead atoms. The Morgan fingerprint density at radius 3 is 2.28 bits per heavy atom. The van der Waals surface area contributed by atoms with Crippen molar-refractivity contribution in [3.05, 3.63) is 16.6 Å². The van der Waals surface area contributed by atoms with Crippen LogP contribution in [-0.2, 0) is 6.54 Å². The van der Waals surface area contributed by atoms with Crippen molar-refractivity contribution in [3.8, 4) is 0 Å². The third-order valence-electron chi connectivity index (χ3n) is 3.34. The van der Waals surface area contributed by atoms with E-state index in [1.807, 2.05) is 6.20 Å². The van der Waals surface area contributed by atoms with Gasteiger partial charge in [0.15, 0.2) is 0 Å². The summed E-state index contributed by atoms with van der Waals surface area (Å²) in [5.74, 6) is 0. The Kier molecular flexibility index (Phi) is 9.13. The summed E-state index contributed by atoms with van der Waals surface area (Å²) in [6, 6.07) is 0.687. The summed E-state index contributed by atoms with van der Waals surface area (Å²) in [7, 11) is 0. The molecule has 18 heavy (non-hydrogen) atoms. The summed E-state index contributed by atoms with van der Waals surface area (Å²) in [6.45, 7) is 5.49. The number of thiazole rings is 1. The highest BCUT2D eigenvalue weighted by atomic mass is 32.1. The van der Waals surface area contributed by atoms with Gasteiger partial charge in [0.05, 0.1) is 0 Å². The van der Waals surface area contributed by atoms with Gasteiger partial charge in [-0.2, -0.15) is 0 Å². The van der Waals surface area contributed by atoms with Crippen LogP contribution in [0.2, 0.25) is 0 Å². The number of unbranched alkanes of at least 4 members (excludes halogenated alkanes) is 4. The molecular weight excluding hydrogens is 240 g/mol. The van der Waals surface area contributed by atoms with Gasteiger partial charge in [0.2, 0.25) is 0 Å². The Morgan fingerprint density at radius 1 is 1.11 bits per heavy atom. The maximum atomic E-state index is 4.34. The minimum Gasteiger partial charge on any atom is -0.308 e. The highest BCUT2D eigenvalue weighted by Crippen LogP contribution is 2.12. The van der Waals surface area contributed by atoms with Crippen LogP contribution < -0.4 is 5.32 Å². The summed E-state index contributed by atoms with van der Waals surface area (Å²) in [6.07, 6.45) is 12.6. The van der Waals surface area contributed by atoms with Crippen LogP contribution in [0.5, 0.6) is 0 Å². The third kappa shape index (κ3) is 7.12. The maximum Gasteiger partial charge on any atom is 0.106 e. The van der Waals surface area contributed by atoms with E-state index in [9.17, 15) is 0 Å². The fourth-order valence-electron chi connectivity index (χ4n) is 2.20. The van der Waals surface area contributed by atoms with Crippen molar-refractivity contribution < 1.29 is 0 Å². The molecule has 104 valence electrons. The monoisotopic (exact) mass is 268 g/mol. The lowest BCUT2D eigenvalue weighted by Gasteiger charge is -2.18. The van der Waals surface area contributed by atoms with E-state index < -0.39 is 0 Å². The lowest BCUT2D eigenvalue weighted by molar-refractivity contribution is 0.417. The second-order valence-corrected chi connectivity index (χ2v) is 5.97. The molecule has 0 fully saturated rings. The first-order valence-corrected chi connectivity index (χ1v) is 8.36. The van der Waals surface area contributed by atoms with Crippen LogP contribution in [0.1, 0.15) is 70.2 Å². The molecule has 0 atom stereocenters. The normalized spacial score (nSPS) is 11.3. The molecule has 1 N–H and O–H groups in total. The Labute approximate surface area is 116 Å². The second kappa shape index (κ2) is 10.5. The number of hydrogen-bond donors (Lipinski definition) is 1. The van der Waals surface area contributed by atoms with Gasteiger partial charge in [-0.3, -0.25) is 0 Å². The average Bonchev–Trinajstić information content (AvgIpc) is 2.89. The number of nitrogens with one attached hydrogen (secondary N) is 1. The summed E-state index contributed by atoms with van der Waals surface area (Å²) in [5.41, 5.74) is 0. The van der Waals surface area contributed by atoms with E-state index in [1.54, 1.807) is 11.3 Å². The van der Waals surface area contributed by atoms with Crippen LogP contribution in [0.25, 0.3) is 0 Å². The van der Waals surface area contributed by atoms with Gasteiger partial charge < -0.3 is 5.32 Å². The van der Waals surface area contributed by atoms with Crippen LogP contribution in [0.3, 0.4) is 0 Å². The van der Waals surface area contributed by atoms with Gasteiger partial charge in [-0.25, -0.2) is 4.98 Å². The molecule has 0 amide bonds. The van der Waals surface area contributed by atoms with E-state index in [2.05, 4.69) is 29.5 Å². The van der Waals surface area contributed by atoms with Crippen LogP contribution in [0.4, 0.5) is 0 Å². The predicted molar refractivity (Wildman–Crippen MR) is 81.0 cm³/mol. The molecule has 2 nitrogen and oxygen atoms in total. The van der Waals surface area contributed by atoms with Crippen LogP contribution >= 0.6 is 11.3 Å². The van der Waals surface area contributed by atoms with Gasteiger partial charge in [0, 0.05) is 24.2 Å². The Morgan fingerprint density at radius 2 is 1.78 bits per heavy atom. The van der Waals surface area contributed by atoms with Crippen molar-refractivity contribution in [1.82, 2.24) is 10.3 Å². The molecular formula is C15H28N2S. The number of hydrogen-bond acceptors (Lipinski definition) is 3. The highest BCUT2D eigenvalue weighted by Gasteiger charge is 2.08. The zero-order chi connectivity index (χ0) is 13.1. The number of nitrogens with zero attached hydrogens (tertiary/aromatic N) is 1. The molecule has 0 aliphatic rings. The second-order valence-electron chi connectivity index (χ2n) is 5.00. The van der Waals surface area contributed by atoms with E-state index >= 15 is 0 Å². The SMILES string of the molecule is CCCCCC(CCCCC)NCc1nccs1. The zero-order valence-electron chi connectivity index (χ0n) is 12.0. The summed E-state index contributed by atoms with van der Waals surface area (Å²) < 4.78 is 0. The quantitative estimate of drug-likeness (QED) is 0.585. The van der Waals surface area contributed by atoms with Crippen molar-refractivity contribution in [2.24, 2.45) is 0 Å². The number of rotatable bonds is 11. The summed E-state index contributed by atoms with van der Waals surface area (Å²) in [4.78, 5) is 4.34. The van der Waals surface area contributed by atoms with E-state index in [0.717, 1.165) is 6.54 Å². The van der Waals surface area contributed by atoms with Crippen molar-refractivity contribution in [2.45, 2.75) is 77.8 Å². The van der Waals surface area contributed by atoms with Crippen molar-refractivity contribution >= 4 is 11.3 Å². The fourth-order valence-corrected chi connectivity index (χ4v) is 2.77. The molecule has 1 aromatic heterocycles. The molecule has 0 saturated carbocycles. The van der Waals surface area contributed by atoms with Crippen LogP contribution in [0, 0.1) is 0 Å². The van der Waals surface area contributed by atoms with E-state index in [4.69, 9.17) is 0 Å². The largest absolute Gasteiger partial charge is 0.308 e. The van der Waals surface area contributed by atoms with Gasteiger partial charge in [-0.1, -0.05) is 52.4 Å². The molecule has 0 spiro atoms. The topological polar surface area (TPSA) is 24.9 Å². The summed E-state index contributed by atoms with van der Waals surface area (Å²) in [5, 5.41) is 6.96. The fraction of sp³-hybridized carbons (Fsp3) is 0.800. The highest BCUT2D eigenvalue weighted by molar-refractivity contribution is 7.09. The first-order valence-electron chi connectivity index (χ1n) is 7.48. The molecule has 1 aromatic rings. The van der Waals surface area contributed by atoms with Gasteiger partial charge >= 0.3 is 0 Å². The lowest BCUT2D eigenvalue weighted by atomic mass is 10.0. The standard InChI is InChI=1S/C15H28N2S/c1-3-5-7-9-14(10-8-6-4-2)17-13-15-16-11-12-18-15/h11-12,14,17H,3-10,13H2,1-2H3. The van der Waals surface area contributed by atoms with Crippen molar-refractivity contribution in [2.75, 3.05) is 0 Å². The van der Waals surface area contributed by atoms with E-state index in [1.165, 1.54) is 56.4 Å². The molecule has 1 rings (SSSR count). The minimum atomic E-state index is 0.687. The van der Waals surface area contributed by atoms with Gasteiger partial charge in [-0.05, 0) is 12.8 Å². The zero-order valence-corrected chi connectivity index (χ0v) is 12.8. The van der Waals surface area contributed by atoms with Crippen LogP contribution in [0.15, 0.2) is 11.6 Å². The molecule has 0 saturated heterocycles. The molecule has 0 aliphatic carbocycles. The van der Waals surface area contributed by atoms with Crippen LogP contribution in [-0.4, -0.2) is 11.0 Å². The van der Waals surface area contributed by atoms with Crippen molar-refractivity contribution in [1.29, 1.82) is 0 Å². The minimum absolute atomic E-state index is 0.687. The van der Waals surface area contributed by atoms with E-state index in [-0.39, 0.29) is 0 Å². The van der Waals surface area contributed by atoms with Gasteiger partial charge in [-0.15, -0.1) is 11.3 Å². The third-order valence-corrected chi connectivity index (χ3v) is 4.12. The summed E-state index contributed by atoms with van der Waals surface area (Å²) >= 11 is 1.75. The molecule has 0 aliphatic heterocycles. The molecule has 1 heterocycles. The molecule has 0 radical (unpaired) electrons. The molecule has 0 aromatic carbocycles. The number of aromatic nitrogens is 1. The first-order chi connectivity index (χ1) is 8.86. The average molecular weight is 268 g/mol. The van der Waals surface area contributed by atoms with E-state index in [0.29, 0.717) is 6.04 Å². The Bertz CT molecular complexity index is 262. The molecule has 3 heteroatoms. The lowest BCUT2D eigenvalue weighted by Crippen LogP contribution is -2.28.